The maximum Gasteiger partial charge on any atom is 0.204 e. The number of aromatic hydroxyl groups is 1. The second-order valence-corrected chi connectivity index (χ2v) is 12.9. The lowest BCUT2D eigenvalue weighted by Crippen LogP contribution is -2.40. The molecule has 4 aromatic rings. The summed E-state index contributed by atoms with van der Waals surface area (Å²) in [5.41, 5.74) is 8.18. The molecule has 0 unspecified atom stereocenters. The first-order valence-electron chi connectivity index (χ1n) is 16.4. The van der Waals surface area contributed by atoms with E-state index in [4.69, 9.17) is 28.4 Å². The van der Waals surface area contributed by atoms with E-state index in [2.05, 4.69) is 54.2 Å². The van der Waals surface area contributed by atoms with Crippen LogP contribution in [0.2, 0.25) is 0 Å². The fourth-order valence-electron chi connectivity index (χ4n) is 7.91. The highest BCUT2D eigenvalue weighted by molar-refractivity contribution is 5.64. The molecule has 252 valence electrons. The summed E-state index contributed by atoms with van der Waals surface area (Å²) in [5, 5.41) is 10.7. The van der Waals surface area contributed by atoms with Gasteiger partial charge in [-0.15, -0.1) is 0 Å². The Morgan fingerprint density at radius 2 is 1.35 bits per heavy atom. The van der Waals surface area contributed by atoms with Gasteiger partial charge in [-0.2, -0.15) is 0 Å². The Balaban J connectivity index is 1.32. The first-order chi connectivity index (χ1) is 23.3. The summed E-state index contributed by atoms with van der Waals surface area (Å²) < 4.78 is 35.7. The van der Waals surface area contributed by atoms with Crippen LogP contribution in [-0.4, -0.2) is 71.1 Å². The van der Waals surface area contributed by atoms with Gasteiger partial charge in [0.25, 0.3) is 0 Å². The van der Waals surface area contributed by atoms with Gasteiger partial charge in [0, 0.05) is 30.2 Å². The van der Waals surface area contributed by atoms with Gasteiger partial charge in [0.15, 0.2) is 34.5 Å². The Morgan fingerprint density at radius 3 is 2.04 bits per heavy atom. The lowest BCUT2D eigenvalue weighted by atomic mass is 9.76. The molecule has 3 atom stereocenters. The number of phenols is 1. The molecular formula is C39H44N2O7. The van der Waals surface area contributed by atoms with Crippen molar-refractivity contribution in [1.82, 2.24) is 9.80 Å². The van der Waals surface area contributed by atoms with E-state index in [9.17, 15) is 5.11 Å². The van der Waals surface area contributed by atoms with Crippen molar-refractivity contribution in [1.29, 1.82) is 0 Å². The highest BCUT2D eigenvalue weighted by atomic mass is 16.5. The topological polar surface area (TPSA) is 82.1 Å². The van der Waals surface area contributed by atoms with Gasteiger partial charge in [0.05, 0.1) is 35.5 Å². The molecule has 9 nitrogen and oxygen atoms in total. The zero-order chi connectivity index (χ0) is 33.7. The second kappa shape index (κ2) is 12.8. The number of nitrogens with zero attached hydrogens (tertiary/aromatic N) is 2. The molecular weight excluding hydrogens is 608 g/mol. The number of likely N-dealkylation sites (N-methyl/N-ethyl adjacent to an activating group) is 2. The Bertz CT molecular complexity index is 1840. The van der Waals surface area contributed by atoms with Crippen molar-refractivity contribution in [3.05, 3.63) is 93.5 Å². The molecule has 0 fully saturated rings. The maximum absolute atomic E-state index is 10.7. The molecule has 0 radical (unpaired) electrons. The minimum Gasteiger partial charge on any atom is -0.504 e. The van der Waals surface area contributed by atoms with Gasteiger partial charge in [0.1, 0.15) is 5.75 Å². The lowest BCUT2D eigenvalue weighted by molar-refractivity contribution is 0.135. The van der Waals surface area contributed by atoms with Crippen LogP contribution in [-0.2, 0) is 25.7 Å². The molecule has 0 aromatic heterocycles. The highest BCUT2D eigenvalue weighted by Gasteiger charge is 2.42. The smallest absolute Gasteiger partial charge is 0.204 e. The number of methoxy groups -OCH3 is 5. The van der Waals surface area contributed by atoms with E-state index in [1.165, 1.54) is 22.3 Å². The van der Waals surface area contributed by atoms with E-state index in [0.29, 0.717) is 40.9 Å². The molecule has 0 amide bonds. The minimum atomic E-state index is 0.0245. The summed E-state index contributed by atoms with van der Waals surface area (Å²) in [4.78, 5) is 4.79. The Kier molecular flexibility index (Phi) is 8.51. The number of hydrogen-bond donors (Lipinski definition) is 1. The number of ether oxygens (including phenoxy) is 6. The molecule has 0 saturated carbocycles. The SMILES string of the molecule is COc1ccc(C[C@H]2c3cc(Oc4c5c(cc(OC)c4OC)[C@H]4Cc6cc(OC)c(O)cc6[C@@H](C5)N4C)c(OC)cc3CCN2C)cc1. The molecule has 2 bridgehead atoms. The van der Waals surface area contributed by atoms with E-state index in [0.717, 1.165) is 48.2 Å². The maximum atomic E-state index is 10.7. The standard InChI is InChI=1S/C39H44N2O7/c1-40-13-12-23-16-35(45-5)36(20-27(23)30(40)14-22-8-10-25(43-3)11-9-22)48-38-29-18-32-26-19-33(42)34(44-4)17-24(26)15-31(41(32)2)28(29)21-37(46-6)39(38)47-7/h8-11,16-17,19-21,30-32,42H,12-15,18H2,1-7H3/t30-,31+,32+/m0/s1. The molecule has 1 N–H and O–H groups in total. The zero-order valence-electron chi connectivity index (χ0n) is 28.8. The van der Waals surface area contributed by atoms with Crippen molar-refractivity contribution in [3.8, 4) is 46.0 Å². The third-order valence-corrected chi connectivity index (χ3v) is 10.6. The van der Waals surface area contributed by atoms with Crippen LogP contribution < -0.4 is 28.4 Å². The van der Waals surface area contributed by atoms with Crippen LogP contribution >= 0.6 is 0 Å². The van der Waals surface area contributed by atoms with E-state index < -0.39 is 0 Å². The van der Waals surface area contributed by atoms with Crippen LogP contribution in [0.3, 0.4) is 0 Å². The van der Waals surface area contributed by atoms with Gasteiger partial charge in [-0.05, 0) is 116 Å². The van der Waals surface area contributed by atoms with Gasteiger partial charge in [-0.25, -0.2) is 0 Å². The highest BCUT2D eigenvalue weighted by Crippen LogP contribution is 2.55. The normalized spacial score (nSPS) is 19.9. The van der Waals surface area contributed by atoms with Gasteiger partial charge < -0.3 is 33.5 Å². The summed E-state index contributed by atoms with van der Waals surface area (Å²) in [6.45, 7) is 0.952. The largest absolute Gasteiger partial charge is 0.504 e. The zero-order valence-corrected chi connectivity index (χ0v) is 28.8. The molecule has 3 aliphatic heterocycles. The van der Waals surface area contributed by atoms with Crippen LogP contribution in [0, 0.1) is 0 Å². The molecule has 0 saturated heterocycles. The summed E-state index contributed by atoms with van der Waals surface area (Å²) in [7, 11) is 12.6. The Labute approximate surface area is 282 Å². The average molecular weight is 653 g/mol. The number of phenolic OH excluding ortho intramolecular Hbond substituents is 1. The summed E-state index contributed by atoms with van der Waals surface area (Å²) in [5.74, 6) is 4.58. The van der Waals surface area contributed by atoms with Gasteiger partial charge in [-0.1, -0.05) is 12.1 Å². The Morgan fingerprint density at radius 1 is 0.667 bits per heavy atom. The molecule has 0 spiro atoms. The van der Waals surface area contributed by atoms with E-state index >= 15 is 0 Å². The predicted octanol–water partition coefficient (Wildman–Crippen LogP) is 6.83. The lowest BCUT2D eigenvalue weighted by Gasteiger charge is -2.46. The van der Waals surface area contributed by atoms with Gasteiger partial charge in [-0.3, -0.25) is 9.80 Å². The van der Waals surface area contributed by atoms with Crippen molar-refractivity contribution in [2.24, 2.45) is 0 Å². The van der Waals surface area contributed by atoms with Crippen LogP contribution in [0.15, 0.2) is 54.6 Å². The third-order valence-electron chi connectivity index (χ3n) is 10.6. The molecule has 9 heteroatoms. The van der Waals surface area contributed by atoms with Crippen LogP contribution in [0.25, 0.3) is 0 Å². The van der Waals surface area contributed by atoms with Crippen molar-refractivity contribution >= 4 is 0 Å². The van der Waals surface area contributed by atoms with E-state index in [1.54, 1.807) is 35.5 Å². The number of rotatable bonds is 9. The number of fused-ring (bicyclic) bond motifs is 7. The van der Waals surface area contributed by atoms with E-state index in [1.807, 2.05) is 24.3 Å². The quantitative estimate of drug-likeness (QED) is 0.209. The minimum absolute atomic E-state index is 0.0245. The van der Waals surface area contributed by atoms with E-state index in [-0.39, 0.29) is 23.9 Å². The van der Waals surface area contributed by atoms with Crippen LogP contribution in [0.5, 0.6) is 46.0 Å². The fraction of sp³-hybridized carbons (Fsp3) is 0.385. The van der Waals surface area contributed by atoms with Gasteiger partial charge >= 0.3 is 0 Å². The predicted molar refractivity (Wildman–Crippen MR) is 184 cm³/mol. The molecule has 3 aliphatic rings. The molecule has 0 aliphatic carbocycles. The molecule has 3 heterocycles. The van der Waals surface area contributed by atoms with Crippen molar-refractivity contribution in [2.75, 3.05) is 56.2 Å². The monoisotopic (exact) mass is 652 g/mol. The summed E-state index contributed by atoms with van der Waals surface area (Å²) in [6.07, 6.45) is 3.19. The third kappa shape index (κ3) is 5.35. The molecule has 7 rings (SSSR count). The average Bonchev–Trinajstić information content (AvgIpc) is 3.10. The Hall–Kier alpha value is -4.60. The first kappa shape index (κ1) is 32.0. The first-order valence-corrected chi connectivity index (χ1v) is 16.4. The fourth-order valence-corrected chi connectivity index (χ4v) is 7.91. The van der Waals surface area contributed by atoms with Crippen molar-refractivity contribution in [3.63, 3.8) is 0 Å². The second-order valence-electron chi connectivity index (χ2n) is 12.9. The summed E-state index contributed by atoms with van der Waals surface area (Å²) in [6, 6.07) is 18.7. The van der Waals surface area contributed by atoms with Gasteiger partial charge in [0.2, 0.25) is 5.75 Å². The number of benzene rings is 4. The molecule has 48 heavy (non-hydrogen) atoms. The molecule has 4 aromatic carbocycles. The van der Waals surface area contributed by atoms with Crippen LogP contribution in [0.4, 0.5) is 0 Å². The van der Waals surface area contributed by atoms with Crippen molar-refractivity contribution < 1.29 is 33.5 Å². The van der Waals surface area contributed by atoms with Crippen molar-refractivity contribution in [2.45, 2.75) is 43.8 Å². The van der Waals surface area contributed by atoms with Crippen LogP contribution in [0.1, 0.15) is 57.1 Å². The number of hydrogen-bond acceptors (Lipinski definition) is 9. The summed E-state index contributed by atoms with van der Waals surface area (Å²) >= 11 is 0.